The van der Waals surface area contributed by atoms with Crippen molar-refractivity contribution < 1.29 is 4.39 Å². The standard InChI is InChI=1S/C16H14FN3S/c17-12-7-5-11(6-8-12)14(18)9-21-16-13-3-1-2-4-15(13)19-10-20-16/h1-8,10,14H,9,18H2. The summed E-state index contributed by atoms with van der Waals surface area (Å²) >= 11 is 1.59. The summed E-state index contributed by atoms with van der Waals surface area (Å²) in [5.74, 6) is 0.424. The van der Waals surface area contributed by atoms with E-state index in [1.807, 2.05) is 24.3 Å². The van der Waals surface area contributed by atoms with Gasteiger partial charge in [-0.25, -0.2) is 14.4 Å². The second-order valence-corrected chi connectivity index (χ2v) is 5.67. The maximum Gasteiger partial charge on any atom is 0.123 e. The molecule has 1 atom stereocenters. The summed E-state index contributed by atoms with van der Waals surface area (Å²) in [6.45, 7) is 0. The third kappa shape index (κ3) is 3.20. The van der Waals surface area contributed by atoms with Gasteiger partial charge in [0.05, 0.1) is 5.52 Å². The highest BCUT2D eigenvalue weighted by atomic mass is 32.2. The molecule has 0 spiro atoms. The molecule has 0 aliphatic heterocycles. The van der Waals surface area contributed by atoms with E-state index in [1.54, 1.807) is 30.2 Å². The minimum absolute atomic E-state index is 0.163. The van der Waals surface area contributed by atoms with Gasteiger partial charge < -0.3 is 5.73 Å². The molecular formula is C16H14FN3S. The van der Waals surface area contributed by atoms with Crippen LogP contribution in [0.5, 0.6) is 0 Å². The molecule has 3 nitrogen and oxygen atoms in total. The lowest BCUT2D eigenvalue weighted by Gasteiger charge is -2.12. The van der Waals surface area contributed by atoms with Gasteiger partial charge in [0.1, 0.15) is 17.2 Å². The Morgan fingerprint density at radius 3 is 2.62 bits per heavy atom. The summed E-state index contributed by atoms with van der Waals surface area (Å²) in [6.07, 6.45) is 1.56. The van der Waals surface area contributed by atoms with Crippen molar-refractivity contribution in [3.05, 3.63) is 66.2 Å². The van der Waals surface area contributed by atoms with E-state index in [9.17, 15) is 4.39 Å². The predicted molar refractivity (Wildman–Crippen MR) is 83.6 cm³/mol. The third-order valence-corrected chi connectivity index (χ3v) is 4.33. The van der Waals surface area contributed by atoms with Gasteiger partial charge in [0.2, 0.25) is 0 Å². The zero-order valence-electron chi connectivity index (χ0n) is 11.2. The number of hydrogen-bond donors (Lipinski definition) is 1. The largest absolute Gasteiger partial charge is 0.323 e. The molecule has 0 saturated heterocycles. The smallest absolute Gasteiger partial charge is 0.123 e. The number of rotatable bonds is 4. The molecule has 21 heavy (non-hydrogen) atoms. The Hall–Kier alpha value is -1.98. The number of fused-ring (bicyclic) bond motifs is 1. The fourth-order valence-electron chi connectivity index (χ4n) is 2.07. The Labute approximate surface area is 126 Å². The van der Waals surface area contributed by atoms with Gasteiger partial charge in [-0.3, -0.25) is 0 Å². The second-order valence-electron chi connectivity index (χ2n) is 4.67. The summed E-state index contributed by atoms with van der Waals surface area (Å²) in [6, 6.07) is 14.0. The molecule has 2 aromatic carbocycles. The fourth-order valence-corrected chi connectivity index (χ4v) is 3.05. The van der Waals surface area contributed by atoms with Crippen molar-refractivity contribution in [1.82, 2.24) is 9.97 Å². The molecule has 3 aromatic rings. The highest BCUT2D eigenvalue weighted by Gasteiger charge is 2.09. The number of nitrogens with two attached hydrogens (primary N) is 1. The summed E-state index contributed by atoms with van der Waals surface area (Å²) in [7, 11) is 0. The molecule has 1 heterocycles. The maximum atomic E-state index is 12.9. The normalized spacial score (nSPS) is 12.5. The average molecular weight is 299 g/mol. The van der Waals surface area contributed by atoms with Gasteiger partial charge in [-0.1, -0.05) is 30.3 Å². The van der Waals surface area contributed by atoms with Crippen LogP contribution in [0.15, 0.2) is 59.9 Å². The molecule has 0 fully saturated rings. The van der Waals surface area contributed by atoms with Crippen molar-refractivity contribution in [2.24, 2.45) is 5.73 Å². The Morgan fingerprint density at radius 1 is 1.05 bits per heavy atom. The first kappa shape index (κ1) is 14.0. The van der Waals surface area contributed by atoms with Crippen LogP contribution in [0, 0.1) is 5.82 Å². The van der Waals surface area contributed by atoms with Crippen LogP contribution >= 0.6 is 11.8 Å². The molecule has 106 valence electrons. The van der Waals surface area contributed by atoms with Gasteiger partial charge in [-0.2, -0.15) is 0 Å². The first-order valence-electron chi connectivity index (χ1n) is 6.57. The molecule has 2 N–H and O–H groups in total. The van der Waals surface area contributed by atoms with Crippen LogP contribution < -0.4 is 5.73 Å². The van der Waals surface area contributed by atoms with Crippen molar-refractivity contribution in [3.63, 3.8) is 0 Å². The summed E-state index contributed by atoms with van der Waals surface area (Å²) in [5, 5.41) is 1.94. The van der Waals surface area contributed by atoms with Crippen LogP contribution in [-0.2, 0) is 0 Å². The van der Waals surface area contributed by atoms with E-state index in [0.717, 1.165) is 21.5 Å². The molecule has 3 rings (SSSR count). The molecule has 0 bridgehead atoms. The van der Waals surface area contributed by atoms with Gasteiger partial charge in [-0.15, -0.1) is 11.8 Å². The van der Waals surface area contributed by atoms with Gasteiger partial charge in [0.25, 0.3) is 0 Å². The minimum atomic E-state index is -0.250. The molecule has 0 aliphatic carbocycles. The van der Waals surface area contributed by atoms with Crippen LogP contribution in [0.2, 0.25) is 0 Å². The summed E-state index contributed by atoms with van der Waals surface area (Å²) in [5.41, 5.74) is 7.99. The molecule has 5 heteroatoms. The number of thioether (sulfide) groups is 1. The second kappa shape index (κ2) is 6.20. The van der Waals surface area contributed by atoms with Gasteiger partial charge in [0.15, 0.2) is 0 Å². The van der Waals surface area contributed by atoms with Crippen LogP contribution in [0.3, 0.4) is 0 Å². The number of nitrogens with zero attached hydrogens (tertiary/aromatic N) is 2. The van der Waals surface area contributed by atoms with E-state index in [0.29, 0.717) is 5.75 Å². The van der Waals surface area contributed by atoms with Gasteiger partial charge in [0, 0.05) is 17.2 Å². The van der Waals surface area contributed by atoms with E-state index in [-0.39, 0.29) is 11.9 Å². The molecule has 1 unspecified atom stereocenters. The number of halogens is 1. The minimum Gasteiger partial charge on any atom is -0.323 e. The Kier molecular flexibility index (Phi) is 4.13. The monoisotopic (exact) mass is 299 g/mol. The molecule has 0 radical (unpaired) electrons. The average Bonchev–Trinajstić information content (AvgIpc) is 2.53. The lowest BCUT2D eigenvalue weighted by Crippen LogP contribution is -2.13. The van der Waals surface area contributed by atoms with Gasteiger partial charge in [-0.05, 0) is 23.8 Å². The van der Waals surface area contributed by atoms with Crippen molar-refractivity contribution >= 4 is 22.7 Å². The summed E-state index contributed by atoms with van der Waals surface area (Å²) in [4.78, 5) is 8.56. The molecule has 0 amide bonds. The van der Waals surface area contributed by atoms with E-state index in [4.69, 9.17) is 5.73 Å². The van der Waals surface area contributed by atoms with Crippen molar-refractivity contribution in [2.45, 2.75) is 11.1 Å². The molecule has 0 aliphatic rings. The van der Waals surface area contributed by atoms with Crippen LogP contribution in [0.1, 0.15) is 11.6 Å². The first-order chi connectivity index (χ1) is 10.2. The topological polar surface area (TPSA) is 51.8 Å². The van der Waals surface area contributed by atoms with E-state index < -0.39 is 0 Å². The van der Waals surface area contributed by atoms with Crippen molar-refractivity contribution in [1.29, 1.82) is 0 Å². The van der Waals surface area contributed by atoms with Gasteiger partial charge >= 0.3 is 0 Å². The third-order valence-electron chi connectivity index (χ3n) is 3.20. The number of para-hydroxylation sites is 1. The summed E-state index contributed by atoms with van der Waals surface area (Å²) < 4.78 is 12.9. The Morgan fingerprint density at radius 2 is 1.81 bits per heavy atom. The van der Waals surface area contributed by atoms with E-state index in [1.165, 1.54) is 12.1 Å². The molecule has 0 saturated carbocycles. The first-order valence-corrected chi connectivity index (χ1v) is 7.56. The van der Waals surface area contributed by atoms with Crippen molar-refractivity contribution in [3.8, 4) is 0 Å². The number of benzene rings is 2. The predicted octanol–water partition coefficient (Wildman–Crippen LogP) is 3.56. The fraction of sp³-hybridized carbons (Fsp3) is 0.125. The lowest BCUT2D eigenvalue weighted by atomic mass is 10.1. The SMILES string of the molecule is NC(CSc1ncnc2ccccc12)c1ccc(F)cc1. The van der Waals surface area contributed by atoms with Crippen molar-refractivity contribution in [2.75, 3.05) is 5.75 Å². The highest BCUT2D eigenvalue weighted by molar-refractivity contribution is 7.99. The van der Waals surface area contributed by atoms with Crippen LogP contribution in [0.25, 0.3) is 10.9 Å². The quantitative estimate of drug-likeness (QED) is 0.591. The maximum absolute atomic E-state index is 12.9. The highest BCUT2D eigenvalue weighted by Crippen LogP contribution is 2.27. The molecular weight excluding hydrogens is 285 g/mol. The zero-order chi connectivity index (χ0) is 14.7. The molecule has 1 aromatic heterocycles. The van der Waals surface area contributed by atoms with Crippen LogP contribution in [-0.4, -0.2) is 15.7 Å². The van der Waals surface area contributed by atoms with E-state index in [2.05, 4.69) is 9.97 Å². The zero-order valence-corrected chi connectivity index (χ0v) is 12.1. The Bertz CT molecular complexity index is 741. The van der Waals surface area contributed by atoms with E-state index >= 15 is 0 Å². The number of aromatic nitrogens is 2. The lowest BCUT2D eigenvalue weighted by molar-refractivity contribution is 0.626. The van der Waals surface area contributed by atoms with Crippen LogP contribution in [0.4, 0.5) is 4.39 Å². The number of hydrogen-bond acceptors (Lipinski definition) is 4. The Balaban J connectivity index is 1.76.